The van der Waals surface area contributed by atoms with Gasteiger partial charge in [-0.3, -0.25) is 4.79 Å². The van der Waals surface area contributed by atoms with E-state index < -0.39 is 0 Å². The van der Waals surface area contributed by atoms with Gasteiger partial charge in [-0.25, -0.2) is 0 Å². The van der Waals surface area contributed by atoms with Crippen LogP contribution in [0.15, 0.2) is 27.1 Å². The molecule has 0 aliphatic rings. The second kappa shape index (κ2) is 4.54. The summed E-state index contributed by atoms with van der Waals surface area (Å²) >= 11 is 6.53. The van der Waals surface area contributed by atoms with Crippen LogP contribution in [0.5, 0.6) is 0 Å². The van der Waals surface area contributed by atoms with Gasteiger partial charge in [-0.05, 0) is 18.2 Å². The number of halogens is 2. The van der Waals surface area contributed by atoms with E-state index in [4.69, 9.17) is 5.26 Å². The molecule has 0 unspecified atom stereocenters. The predicted molar refractivity (Wildman–Crippen MR) is 56.4 cm³/mol. The van der Waals surface area contributed by atoms with Gasteiger partial charge in [0, 0.05) is 14.5 Å². The lowest BCUT2D eigenvalue weighted by atomic mass is 10.1. The third-order valence-electron chi connectivity index (χ3n) is 1.42. The zero-order valence-electron chi connectivity index (χ0n) is 6.55. The second-order valence-electron chi connectivity index (χ2n) is 2.42. The first-order valence-electron chi connectivity index (χ1n) is 3.49. The third kappa shape index (κ3) is 2.94. The molecule has 0 radical (unpaired) electrons. The standard InChI is InChI=1S/C9H5Br2NO/c10-7-3-6(4-8(11)5-7)9(13)1-2-12/h3-5H,1H2. The predicted octanol–water partition coefficient (Wildman–Crippen LogP) is 3.31. The Morgan fingerprint density at radius 1 is 1.31 bits per heavy atom. The highest BCUT2D eigenvalue weighted by molar-refractivity contribution is 9.11. The summed E-state index contributed by atoms with van der Waals surface area (Å²) in [4.78, 5) is 11.3. The van der Waals surface area contributed by atoms with Crippen molar-refractivity contribution in [3.05, 3.63) is 32.7 Å². The fraction of sp³-hybridized carbons (Fsp3) is 0.111. The van der Waals surface area contributed by atoms with Crippen molar-refractivity contribution < 1.29 is 4.79 Å². The summed E-state index contributed by atoms with van der Waals surface area (Å²) in [5.41, 5.74) is 0.544. The molecule has 1 aromatic rings. The van der Waals surface area contributed by atoms with E-state index in [-0.39, 0.29) is 12.2 Å². The minimum absolute atomic E-state index is 0.0805. The Morgan fingerprint density at radius 3 is 2.31 bits per heavy atom. The van der Waals surface area contributed by atoms with Gasteiger partial charge in [-0.2, -0.15) is 5.26 Å². The van der Waals surface area contributed by atoms with Gasteiger partial charge in [0.25, 0.3) is 0 Å². The Hall–Kier alpha value is -0.660. The number of benzene rings is 1. The molecule has 4 heteroatoms. The molecule has 0 aliphatic carbocycles. The highest BCUT2D eigenvalue weighted by atomic mass is 79.9. The summed E-state index contributed by atoms with van der Waals surface area (Å²) in [6, 6.07) is 7.06. The Bertz CT molecular complexity index is 361. The van der Waals surface area contributed by atoms with E-state index in [9.17, 15) is 4.79 Å². The van der Waals surface area contributed by atoms with Crippen LogP contribution >= 0.6 is 31.9 Å². The SMILES string of the molecule is N#CCC(=O)c1cc(Br)cc(Br)c1. The molecule has 0 atom stereocenters. The highest BCUT2D eigenvalue weighted by Crippen LogP contribution is 2.20. The molecule has 0 fully saturated rings. The topological polar surface area (TPSA) is 40.9 Å². The normalized spacial score (nSPS) is 9.31. The summed E-state index contributed by atoms with van der Waals surface area (Å²) in [6.45, 7) is 0. The molecule has 1 aromatic carbocycles. The molecular weight excluding hydrogens is 298 g/mol. The van der Waals surface area contributed by atoms with Crippen LogP contribution in [0.1, 0.15) is 16.8 Å². The maximum atomic E-state index is 11.3. The van der Waals surface area contributed by atoms with Crippen molar-refractivity contribution >= 4 is 37.6 Å². The second-order valence-corrected chi connectivity index (χ2v) is 4.25. The monoisotopic (exact) mass is 301 g/mol. The third-order valence-corrected chi connectivity index (χ3v) is 2.34. The van der Waals surface area contributed by atoms with E-state index in [0.717, 1.165) is 8.95 Å². The van der Waals surface area contributed by atoms with Crippen LogP contribution in [-0.4, -0.2) is 5.78 Å². The molecular formula is C9H5Br2NO. The number of hydrogen-bond donors (Lipinski definition) is 0. The van der Waals surface area contributed by atoms with Crippen LogP contribution in [0.2, 0.25) is 0 Å². The molecule has 0 heterocycles. The number of hydrogen-bond acceptors (Lipinski definition) is 2. The Labute approximate surface area is 92.8 Å². The van der Waals surface area contributed by atoms with Crippen molar-refractivity contribution in [2.75, 3.05) is 0 Å². The van der Waals surface area contributed by atoms with Gasteiger partial charge in [-0.15, -0.1) is 0 Å². The van der Waals surface area contributed by atoms with E-state index in [1.54, 1.807) is 12.1 Å². The summed E-state index contributed by atoms with van der Waals surface area (Å²) < 4.78 is 1.64. The van der Waals surface area contributed by atoms with Crippen molar-refractivity contribution in [3.8, 4) is 6.07 Å². The van der Waals surface area contributed by atoms with Gasteiger partial charge in [-0.1, -0.05) is 31.9 Å². The van der Waals surface area contributed by atoms with Gasteiger partial charge in [0.05, 0.1) is 12.5 Å². The molecule has 13 heavy (non-hydrogen) atoms. The summed E-state index contributed by atoms with van der Waals surface area (Å²) in [6.07, 6.45) is -0.0805. The number of carbonyl (C=O) groups is 1. The van der Waals surface area contributed by atoms with Crippen LogP contribution in [0, 0.1) is 11.3 Å². The van der Waals surface area contributed by atoms with E-state index in [1.165, 1.54) is 0 Å². The molecule has 0 saturated heterocycles. The Morgan fingerprint density at radius 2 is 1.85 bits per heavy atom. The Balaban J connectivity index is 3.02. The van der Waals surface area contributed by atoms with Crippen LogP contribution < -0.4 is 0 Å². The number of nitriles is 1. The molecule has 0 saturated carbocycles. The molecule has 0 N–H and O–H groups in total. The molecule has 0 spiro atoms. The lowest BCUT2D eigenvalue weighted by Gasteiger charge is -1.98. The summed E-state index contributed by atoms with van der Waals surface area (Å²) in [5.74, 6) is -0.162. The van der Waals surface area contributed by atoms with Crippen LogP contribution in [-0.2, 0) is 0 Å². The van der Waals surface area contributed by atoms with Crippen molar-refractivity contribution in [2.45, 2.75) is 6.42 Å². The average molecular weight is 303 g/mol. The maximum absolute atomic E-state index is 11.3. The molecule has 0 aliphatic heterocycles. The van der Waals surface area contributed by atoms with Crippen molar-refractivity contribution in [1.82, 2.24) is 0 Å². The molecule has 2 nitrogen and oxygen atoms in total. The first-order valence-corrected chi connectivity index (χ1v) is 5.08. The Kier molecular flexibility index (Phi) is 3.64. The first kappa shape index (κ1) is 10.4. The van der Waals surface area contributed by atoms with E-state index in [1.807, 2.05) is 12.1 Å². The molecule has 0 bridgehead atoms. The molecule has 0 amide bonds. The number of carbonyl (C=O) groups excluding carboxylic acids is 1. The van der Waals surface area contributed by atoms with Crippen LogP contribution in [0.25, 0.3) is 0 Å². The van der Waals surface area contributed by atoms with Crippen molar-refractivity contribution in [3.63, 3.8) is 0 Å². The number of Topliss-reactive ketones (excluding diaryl/α,β-unsaturated/α-hetero) is 1. The average Bonchev–Trinajstić information content (AvgIpc) is 2.03. The maximum Gasteiger partial charge on any atom is 0.176 e. The quantitative estimate of drug-likeness (QED) is 0.786. The highest BCUT2D eigenvalue weighted by Gasteiger charge is 2.06. The zero-order chi connectivity index (χ0) is 9.84. The van der Waals surface area contributed by atoms with Crippen molar-refractivity contribution in [2.24, 2.45) is 0 Å². The van der Waals surface area contributed by atoms with Crippen LogP contribution in [0.4, 0.5) is 0 Å². The van der Waals surface area contributed by atoms with Crippen LogP contribution in [0.3, 0.4) is 0 Å². The molecule has 0 aromatic heterocycles. The smallest absolute Gasteiger partial charge is 0.176 e. The van der Waals surface area contributed by atoms with Gasteiger partial charge in [0.1, 0.15) is 0 Å². The fourth-order valence-corrected chi connectivity index (χ4v) is 2.18. The van der Waals surface area contributed by atoms with E-state index >= 15 is 0 Å². The fourth-order valence-electron chi connectivity index (χ4n) is 0.889. The van der Waals surface area contributed by atoms with Gasteiger partial charge >= 0.3 is 0 Å². The lowest BCUT2D eigenvalue weighted by Crippen LogP contribution is -1.96. The molecule has 66 valence electrons. The number of rotatable bonds is 2. The summed E-state index contributed by atoms with van der Waals surface area (Å²) in [5, 5.41) is 8.34. The van der Waals surface area contributed by atoms with Crippen molar-refractivity contribution in [1.29, 1.82) is 5.26 Å². The van der Waals surface area contributed by atoms with Gasteiger partial charge in [0.15, 0.2) is 5.78 Å². The minimum atomic E-state index is -0.162. The molecule has 1 rings (SSSR count). The van der Waals surface area contributed by atoms with E-state index in [2.05, 4.69) is 31.9 Å². The number of ketones is 1. The van der Waals surface area contributed by atoms with E-state index in [0.29, 0.717) is 5.56 Å². The minimum Gasteiger partial charge on any atom is -0.293 e. The lowest BCUT2D eigenvalue weighted by molar-refractivity contribution is 0.0997. The zero-order valence-corrected chi connectivity index (χ0v) is 9.72. The first-order chi connectivity index (χ1) is 6.13. The largest absolute Gasteiger partial charge is 0.293 e. The number of nitrogens with zero attached hydrogens (tertiary/aromatic N) is 1. The summed E-state index contributed by atoms with van der Waals surface area (Å²) in [7, 11) is 0. The van der Waals surface area contributed by atoms with Gasteiger partial charge in [0.2, 0.25) is 0 Å². The van der Waals surface area contributed by atoms with Gasteiger partial charge < -0.3 is 0 Å².